The van der Waals surface area contributed by atoms with Gasteiger partial charge < -0.3 is 14.2 Å². The summed E-state index contributed by atoms with van der Waals surface area (Å²) in [6.07, 6.45) is 2.26. The second-order valence-corrected chi connectivity index (χ2v) is 9.27. The number of hydrogen-bond donors (Lipinski definition) is 1. The average molecular weight is 485 g/mol. The van der Waals surface area contributed by atoms with Crippen molar-refractivity contribution >= 4 is 35.2 Å². The van der Waals surface area contributed by atoms with Gasteiger partial charge in [-0.05, 0) is 36.6 Å². The molecule has 2 fully saturated rings. The highest BCUT2D eigenvalue weighted by molar-refractivity contribution is 7.98. The van der Waals surface area contributed by atoms with Crippen molar-refractivity contribution in [2.45, 2.75) is 18.0 Å². The molecule has 4 atom stereocenters. The Morgan fingerprint density at radius 1 is 1.06 bits per heavy atom. The zero-order valence-corrected chi connectivity index (χ0v) is 20.4. The van der Waals surface area contributed by atoms with Gasteiger partial charge in [0, 0.05) is 17.7 Å². The molecule has 0 radical (unpaired) electrons. The van der Waals surface area contributed by atoms with Crippen molar-refractivity contribution in [3.05, 3.63) is 54.1 Å². The minimum atomic E-state index is -1.35. The van der Waals surface area contributed by atoms with Crippen LogP contribution in [-0.2, 0) is 19.1 Å². The molecule has 0 aromatic heterocycles. The molecule has 2 aliphatic rings. The zero-order valence-electron chi connectivity index (χ0n) is 19.6. The van der Waals surface area contributed by atoms with Gasteiger partial charge in [0.2, 0.25) is 11.8 Å². The topological polar surface area (TPSA) is 94.2 Å². The van der Waals surface area contributed by atoms with Gasteiger partial charge in [0.05, 0.1) is 38.9 Å². The second kappa shape index (κ2) is 9.68. The Morgan fingerprint density at radius 2 is 1.79 bits per heavy atom. The molecule has 2 aromatic rings. The Balaban J connectivity index is 1.89. The number of esters is 1. The molecule has 34 heavy (non-hydrogen) atoms. The summed E-state index contributed by atoms with van der Waals surface area (Å²) in [4.78, 5) is 42.1. The van der Waals surface area contributed by atoms with E-state index in [1.807, 2.05) is 12.3 Å². The molecule has 0 unspecified atom stereocenters. The van der Waals surface area contributed by atoms with Crippen LogP contribution in [0.15, 0.2) is 48.5 Å². The lowest BCUT2D eigenvalue weighted by Crippen LogP contribution is -2.56. The Bertz CT molecular complexity index is 1090. The van der Waals surface area contributed by atoms with E-state index in [1.165, 1.54) is 19.1 Å². The summed E-state index contributed by atoms with van der Waals surface area (Å²) in [5, 5.41) is 3.38. The van der Waals surface area contributed by atoms with Crippen LogP contribution in [0.2, 0.25) is 0 Å². The number of nitrogens with zero attached hydrogens (tertiary/aromatic N) is 1. The predicted molar refractivity (Wildman–Crippen MR) is 129 cm³/mol. The standard InChI is InChI=1S/C25H28N2O6S/c1-31-16-10-11-17(18(14-16)32-2)21-19-20(25(26-21,12-13-34-4)24(30)33-3)23(29)27(22(19)28)15-8-6-5-7-9-15/h5-11,14,19-21,26H,12-13H2,1-4H3/t19-,20-,21+,25+/m0/s1. The van der Waals surface area contributed by atoms with Gasteiger partial charge in [0.1, 0.15) is 17.0 Å². The first-order chi connectivity index (χ1) is 16.4. The summed E-state index contributed by atoms with van der Waals surface area (Å²) in [6, 6.07) is 13.4. The van der Waals surface area contributed by atoms with E-state index in [4.69, 9.17) is 14.2 Å². The lowest BCUT2D eigenvalue weighted by molar-refractivity contribution is -0.152. The molecular formula is C25H28N2O6S. The quantitative estimate of drug-likeness (QED) is 0.452. The third-order valence-electron chi connectivity index (χ3n) is 6.69. The fraction of sp³-hybridized carbons (Fsp3) is 0.400. The molecule has 0 spiro atoms. The maximum atomic E-state index is 13.8. The third kappa shape index (κ3) is 3.73. The Labute approximate surface area is 202 Å². The molecule has 2 heterocycles. The molecule has 180 valence electrons. The Kier molecular flexibility index (Phi) is 6.86. The molecule has 0 aliphatic carbocycles. The lowest BCUT2D eigenvalue weighted by atomic mass is 9.77. The number of imide groups is 1. The first-order valence-electron chi connectivity index (χ1n) is 10.9. The zero-order chi connectivity index (χ0) is 24.5. The van der Waals surface area contributed by atoms with Crippen LogP contribution >= 0.6 is 11.8 Å². The number of fused-ring (bicyclic) bond motifs is 1. The first-order valence-corrected chi connectivity index (χ1v) is 12.3. The highest BCUT2D eigenvalue weighted by atomic mass is 32.2. The van der Waals surface area contributed by atoms with Crippen molar-refractivity contribution in [2.24, 2.45) is 11.8 Å². The summed E-state index contributed by atoms with van der Waals surface area (Å²) in [6.45, 7) is 0. The Hall–Kier alpha value is -3.04. The molecule has 0 saturated carbocycles. The summed E-state index contributed by atoms with van der Waals surface area (Å²) in [5.74, 6) is -1.35. The molecule has 2 saturated heterocycles. The number of nitrogens with one attached hydrogen (secondary N) is 1. The number of para-hydroxylation sites is 1. The molecule has 4 rings (SSSR count). The van der Waals surface area contributed by atoms with E-state index in [0.29, 0.717) is 34.9 Å². The van der Waals surface area contributed by atoms with Gasteiger partial charge in [0.15, 0.2) is 0 Å². The van der Waals surface area contributed by atoms with Gasteiger partial charge in [-0.1, -0.05) is 24.3 Å². The van der Waals surface area contributed by atoms with Crippen LogP contribution in [0.4, 0.5) is 5.69 Å². The number of methoxy groups -OCH3 is 3. The van der Waals surface area contributed by atoms with E-state index in [9.17, 15) is 14.4 Å². The fourth-order valence-electron chi connectivity index (χ4n) is 5.14. The van der Waals surface area contributed by atoms with Gasteiger partial charge in [-0.3, -0.25) is 19.7 Å². The first kappa shape index (κ1) is 24.1. The van der Waals surface area contributed by atoms with Crippen LogP contribution in [0, 0.1) is 11.8 Å². The maximum absolute atomic E-state index is 13.8. The van der Waals surface area contributed by atoms with Crippen LogP contribution in [0.1, 0.15) is 18.0 Å². The van der Waals surface area contributed by atoms with Crippen LogP contribution in [0.3, 0.4) is 0 Å². The number of anilines is 1. The minimum absolute atomic E-state index is 0.332. The van der Waals surface area contributed by atoms with E-state index in [0.717, 1.165) is 0 Å². The number of benzene rings is 2. The van der Waals surface area contributed by atoms with Crippen LogP contribution in [-0.4, -0.2) is 56.7 Å². The van der Waals surface area contributed by atoms with Crippen molar-refractivity contribution in [1.82, 2.24) is 5.32 Å². The van der Waals surface area contributed by atoms with Gasteiger partial charge >= 0.3 is 5.97 Å². The largest absolute Gasteiger partial charge is 0.497 e. The van der Waals surface area contributed by atoms with Crippen molar-refractivity contribution in [1.29, 1.82) is 0 Å². The van der Waals surface area contributed by atoms with E-state index in [1.54, 1.807) is 61.3 Å². The number of thioether (sulfide) groups is 1. The molecule has 1 N–H and O–H groups in total. The van der Waals surface area contributed by atoms with E-state index in [-0.39, 0.29) is 5.91 Å². The fourth-order valence-corrected chi connectivity index (χ4v) is 5.67. The third-order valence-corrected chi connectivity index (χ3v) is 7.31. The number of ether oxygens (including phenoxy) is 3. The Morgan fingerprint density at radius 3 is 2.41 bits per heavy atom. The van der Waals surface area contributed by atoms with Crippen LogP contribution in [0.5, 0.6) is 11.5 Å². The summed E-state index contributed by atoms with van der Waals surface area (Å²) >= 11 is 1.56. The van der Waals surface area contributed by atoms with Crippen molar-refractivity contribution in [3.8, 4) is 11.5 Å². The predicted octanol–water partition coefficient (Wildman–Crippen LogP) is 2.82. The maximum Gasteiger partial charge on any atom is 0.326 e. The van der Waals surface area contributed by atoms with Crippen LogP contribution in [0.25, 0.3) is 0 Å². The smallest absolute Gasteiger partial charge is 0.326 e. The molecule has 2 aromatic carbocycles. The molecule has 8 nitrogen and oxygen atoms in total. The SMILES string of the molecule is COC(=O)[C@]1(CCSC)N[C@H](c2ccc(OC)cc2OC)[C@H]2C(=O)N(c3ccccc3)C(=O)[C@H]21. The number of amides is 2. The van der Waals surface area contributed by atoms with Gasteiger partial charge in [0.25, 0.3) is 0 Å². The van der Waals surface area contributed by atoms with Gasteiger partial charge in [-0.15, -0.1) is 0 Å². The number of rotatable bonds is 8. The van der Waals surface area contributed by atoms with E-state index in [2.05, 4.69) is 5.32 Å². The molecule has 2 aliphatic heterocycles. The monoisotopic (exact) mass is 484 g/mol. The second-order valence-electron chi connectivity index (χ2n) is 8.29. The summed E-state index contributed by atoms with van der Waals surface area (Å²) in [7, 11) is 4.39. The van der Waals surface area contributed by atoms with Crippen LogP contribution < -0.4 is 19.7 Å². The van der Waals surface area contributed by atoms with Gasteiger partial charge in [-0.25, -0.2) is 4.90 Å². The number of hydrogen-bond acceptors (Lipinski definition) is 8. The number of carbonyl (C=O) groups is 3. The molecular weight excluding hydrogens is 456 g/mol. The highest BCUT2D eigenvalue weighted by Crippen LogP contribution is 2.53. The molecule has 2 amide bonds. The number of carbonyl (C=O) groups excluding carboxylic acids is 3. The van der Waals surface area contributed by atoms with Crippen molar-refractivity contribution < 1.29 is 28.6 Å². The van der Waals surface area contributed by atoms with Crippen molar-refractivity contribution in [3.63, 3.8) is 0 Å². The van der Waals surface area contributed by atoms with E-state index < -0.39 is 35.3 Å². The van der Waals surface area contributed by atoms with Crippen molar-refractivity contribution in [2.75, 3.05) is 38.2 Å². The molecule has 9 heteroatoms. The lowest BCUT2D eigenvalue weighted by Gasteiger charge is -2.32. The molecule has 0 bridgehead atoms. The summed E-state index contributed by atoms with van der Waals surface area (Å²) in [5.41, 5.74) is -0.200. The normalized spacial score (nSPS) is 25.9. The summed E-state index contributed by atoms with van der Waals surface area (Å²) < 4.78 is 16.1. The van der Waals surface area contributed by atoms with Gasteiger partial charge in [-0.2, -0.15) is 11.8 Å². The van der Waals surface area contributed by atoms with E-state index >= 15 is 0 Å². The highest BCUT2D eigenvalue weighted by Gasteiger charge is 2.69. The minimum Gasteiger partial charge on any atom is -0.497 e. The average Bonchev–Trinajstić information content (AvgIpc) is 3.36.